The Hall–Kier alpha value is -2.33. The van der Waals surface area contributed by atoms with Gasteiger partial charge in [-0.3, -0.25) is 9.69 Å². The van der Waals surface area contributed by atoms with E-state index in [1.54, 1.807) is 0 Å². The number of likely N-dealkylation sites (tertiary alicyclic amines) is 1. The Kier molecular flexibility index (Phi) is 7.10. The van der Waals surface area contributed by atoms with Crippen molar-refractivity contribution in [2.75, 3.05) is 26.2 Å². The maximum Gasteiger partial charge on any atom is 0.251 e. The molecular formula is C24H32N2O2. The molecule has 1 heterocycles. The molecule has 2 aromatic carbocycles. The molecule has 1 atom stereocenters. The molecule has 28 heavy (non-hydrogen) atoms. The van der Waals surface area contributed by atoms with Crippen molar-refractivity contribution in [1.82, 2.24) is 10.2 Å². The minimum Gasteiger partial charge on any atom is -0.491 e. The van der Waals surface area contributed by atoms with Gasteiger partial charge >= 0.3 is 0 Å². The predicted molar refractivity (Wildman–Crippen MR) is 114 cm³/mol. The molecule has 4 nitrogen and oxygen atoms in total. The van der Waals surface area contributed by atoms with Gasteiger partial charge in [-0.2, -0.15) is 0 Å². The number of piperidine rings is 1. The van der Waals surface area contributed by atoms with E-state index in [4.69, 9.17) is 4.74 Å². The van der Waals surface area contributed by atoms with Gasteiger partial charge in [-0.15, -0.1) is 0 Å². The molecule has 4 heteroatoms. The first-order chi connectivity index (χ1) is 13.5. The van der Waals surface area contributed by atoms with Crippen molar-refractivity contribution in [2.24, 2.45) is 5.92 Å². The van der Waals surface area contributed by atoms with Gasteiger partial charge in [-0.05, 0) is 74.0 Å². The Morgan fingerprint density at radius 1 is 1.18 bits per heavy atom. The maximum absolute atomic E-state index is 12.3. The summed E-state index contributed by atoms with van der Waals surface area (Å²) in [7, 11) is 0. The molecule has 1 saturated heterocycles. The largest absolute Gasteiger partial charge is 0.491 e. The highest BCUT2D eigenvalue weighted by molar-refractivity contribution is 5.94. The number of amides is 1. The number of ether oxygens (including phenoxy) is 1. The van der Waals surface area contributed by atoms with Crippen LogP contribution in [0, 0.1) is 19.8 Å². The summed E-state index contributed by atoms with van der Waals surface area (Å²) < 4.78 is 5.80. The van der Waals surface area contributed by atoms with E-state index >= 15 is 0 Å². The van der Waals surface area contributed by atoms with Crippen molar-refractivity contribution in [3.05, 3.63) is 64.7 Å². The lowest BCUT2D eigenvalue weighted by atomic mass is 9.99. The Labute approximate surface area is 168 Å². The average molecular weight is 381 g/mol. The Morgan fingerprint density at radius 3 is 2.71 bits per heavy atom. The molecule has 0 spiro atoms. The zero-order chi connectivity index (χ0) is 19.9. The minimum atomic E-state index is -0.0530. The first kappa shape index (κ1) is 20.4. The summed E-state index contributed by atoms with van der Waals surface area (Å²) in [5.41, 5.74) is 4.24. The van der Waals surface area contributed by atoms with Gasteiger partial charge in [-0.1, -0.05) is 31.2 Å². The van der Waals surface area contributed by atoms with E-state index in [0.717, 1.165) is 23.8 Å². The fourth-order valence-corrected chi connectivity index (χ4v) is 3.74. The number of aryl methyl sites for hydroxylation is 2. The minimum absolute atomic E-state index is 0.0530. The van der Waals surface area contributed by atoms with Crippen LogP contribution in [0.4, 0.5) is 0 Å². The summed E-state index contributed by atoms with van der Waals surface area (Å²) in [5.74, 6) is 1.61. The molecule has 0 aliphatic carbocycles. The Bertz CT molecular complexity index is 786. The van der Waals surface area contributed by atoms with Crippen LogP contribution in [0.25, 0.3) is 0 Å². The Morgan fingerprint density at radius 2 is 1.96 bits per heavy atom. The topological polar surface area (TPSA) is 41.6 Å². The van der Waals surface area contributed by atoms with Crippen LogP contribution in [0.2, 0.25) is 0 Å². The van der Waals surface area contributed by atoms with E-state index in [-0.39, 0.29) is 5.91 Å². The van der Waals surface area contributed by atoms with Crippen LogP contribution in [0.5, 0.6) is 5.75 Å². The molecule has 2 aromatic rings. The van der Waals surface area contributed by atoms with Gasteiger partial charge in [-0.25, -0.2) is 0 Å². The first-order valence-corrected chi connectivity index (χ1v) is 10.3. The third-order valence-corrected chi connectivity index (χ3v) is 5.35. The van der Waals surface area contributed by atoms with Crippen LogP contribution in [0.15, 0.2) is 42.5 Å². The number of nitrogens with zero attached hydrogens (tertiary/aromatic N) is 1. The molecule has 0 bridgehead atoms. The molecule has 1 aliphatic rings. The fraction of sp³-hybridized carbons (Fsp3) is 0.458. The van der Waals surface area contributed by atoms with Gasteiger partial charge in [0, 0.05) is 18.7 Å². The van der Waals surface area contributed by atoms with Crippen LogP contribution in [0.3, 0.4) is 0 Å². The number of rotatable bonds is 7. The molecule has 0 aromatic heterocycles. The van der Waals surface area contributed by atoms with Gasteiger partial charge in [0.15, 0.2) is 0 Å². The van der Waals surface area contributed by atoms with Gasteiger partial charge in [0.1, 0.15) is 12.4 Å². The third-order valence-electron chi connectivity index (χ3n) is 5.35. The smallest absolute Gasteiger partial charge is 0.251 e. The van der Waals surface area contributed by atoms with Crippen LogP contribution in [0.1, 0.15) is 46.8 Å². The van der Waals surface area contributed by atoms with Crippen molar-refractivity contribution in [1.29, 1.82) is 0 Å². The Balaban J connectivity index is 1.43. The van der Waals surface area contributed by atoms with Crippen molar-refractivity contribution in [2.45, 2.75) is 40.2 Å². The molecule has 150 valence electrons. The molecule has 3 rings (SSSR count). The highest BCUT2D eigenvalue weighted by atomic mass is 16.5. The van der Waals surface area contributed by atoms with E-state index in [2.05, 4.69) is 41.4 Å². The van der Waals surface area contributed by atoms with Crippen molar-refractivity contribution in [3.8, 4) is 5.75 Å². The SMILES string of the molecule is Cc1ccc(C)c(OCCNC(=O)c2ccc(CN3CCC[C@@H](C)C3)cc2)c1. The number of hydrogen-bond acceptors (Lipinski definition) is 3. The van der Waals surface area contributed by atoms with Crippen LogP contribution in [-0.2, 0) is 6.54 Å². The summed E-state index contributed by atoms with van der Waals surface area (Å²) in [4.78, 5) is 14.9. The third kappa shape index (κ3) is 5.83. The fourth-order valence-electron chi connectivity index (χ4n) is 3.74. The summed E-state index contributed by atoms with van der Waals surface area (Å²) in [6.45, 7) is 10.7. The average Bonchev–Trinajstić information content (AvgIpc) is 2.68. The van der Waals surface area contributed by atoms with E-state index in [1.165, 1.54) is 37.1 Å². The summed E-state index contributed by atoms with van der Waals surface area (Å²) >= 11 is 0. The van der Waals surface area contributed by atoms with Crippen LogP contribution < -0.4 is 10.1 Å². The van der Waals surface area contributed by atoms with Crippen LogP contribution in [-0.4, -0.2) is 37.0 Å². The zero-order valence-electron chi connectivity index (χ0n) is 17.3. The molecule has 1 aliphatic heterocycles. The van der Waals surface area contributed by atoms with E-state index in [9.17, 15) is 4.79 Å². The van der Waals surface area contributed by atoms with Crippen molar-refractivity contribution < 1.29 is 9.53 Å². The number of carbonyl (C=O) groups excluding carboxylic acids is 1. The first-order valence-electron chi connectivity index (χ1n) is 10.3. The van der Waals surface area contributed by atoms with E-state index in [0.29, 0.717) is 18.7 Å². The predicted octanol–water partition coefficient (Wildman–Crippen LogP) is 4.34. The maximum atomic E-state index is 12.3. The standard InChI is InChI=1S/C24H32N2O2/c1-18-6-7-20(3)23(15-18)28-14-12-25-24(27)22-10-8-21(9-11-22)17-26-13-4-5-19(2)16-26/h6-11,15,19H,4-5,12-14,16-17H2,1-3H3,(H,25,27)/t19-/m1/s1. The number of nitrogens with one attached hydrogen (secondary N) is 1. The second-order valence-corrected chi connectivity index (χ2v) is 8.05. The zero-order valence-corrected chi connectivity index (χ0v) is 17.3. The van der Waals surface area contributed by atoms with E-state index < -0.39 is 0 Å². The summed E-state index contributed by atoms with van der Waals surface area (Å²) in [5, 5.41) is 2.94. The molecule has 0 unspecified atom stereocenters. The van der Waals surface area contributed by atoms with Crippen molar-refractivity contribution >= 4 is 5.91 Å². The van der Waals surface area contributed by atoms with Crippen molar-refractivity contribution in [3.63, 3.8) is 0 Å². The van der Waals surface area contributed by atoms with Gasteiger partial charge < -0.3 is 10.1 Å². The monoisotopic (exact) mass is 380 g/mol. The highest BCUT2D eigenvalue weighted by Gasteiger charge is 2.16. The molecule has 0 saturated carbocycles. The van der Waals surface area contributed by atoms with E-state index in [1.807, 2.05) is 32.0 Å². The highest BCUT2D eigenvalue weighted by Crippen LogP contribution is 2.19. The lowest BCUT2D eigenvalue weighted by molar-refractivity contribution is 0.0947. The summed E-state index contributed by atoms with van der Waals surface area (Å²) in [6.07, 6.45) is 2.62. The quantitative estimate of drug-likeness (QED) is 0.727. The van der Waals surface area contributed by atoms with Gasteiger partial charge in [0.05, 0.1) is 6.54 Å². The molecule has 1 amide bonds. The van der Waals surface area contributed by atoms with Crippen LogP contribution >= 0.6 is 0 Å². The molecule has 1 N–H and O–H groups in total. The lowest BCUT2D eigenvalue weighted by Crippen LogP contribution is -2.33. The van der Waals surface area contributed by atoms with Gasteiger partial charge in [0.2, 0.25) is 0 Å². The normalized spacial score (nSPS) is 17.3. The lowest BCUT2D eigenvalue weighted by Gasteiger charge is -2.30. The number of benzene rings is 2. The van der Waals surface area contributed by atoms with Gasteiger partial charge in [0.25, 0.3) is 5.91 Å². The number of carbonyl (C=O) groups is 1. The molecule has 1 fully saturated rings. The number of hydrogen-bond donors (Lipinski definition) is 1. The molecule has 0 radical (unpaired) electrons. The molecular weight excluding hydrogens is 348 g/mol. The summed E-state index contributed by atoms with van der Waals surface area (Å²) in [6, 6.07) is 14.1. The second kappa shape index (κ2) is 9.74. The second-order valence-electron chi connectivity index (χ2n) is 8.05.